The summed E-state index contributed by atoms with van der Waals surface area (Å²) in [7, 11) is 4.05. The molecule has 1 unspecified atom stereocenters. The van der Waals surface area contributed by atoms with Gasteiger partial charge in [-0.05, 0) is 45.6 Å². The molecule has 1 aromatic carbocycles. The average Bonchev–Trinajstić information content (AvgIpc) is 2.29. The van der Waals surface area contributed by atoms with Gasteiger partial charge in [-0.3, -0.25) is 0 Å². The van der Waals surface area contributed by atoms with Crippen LogP contribution in [0.4, 0.5) is 0 Å². The van der Waals surface area contributed by atoms with Crippen LogP contribution in [0.2, 0.25) is 0 Å². The van der Waals surface area contributed by atoms with Crippen LogP contribution in [0.25, 0.3) is 0 Å². The average molecular weight is 237 g/mol. The number of rotatable bonds is 6. The summed E-state index contributed by atoms with van der Waals surface area (Å²) in [6.45, 7) is 2.71. The minimum Gasteiger partial charge on any atom is -0.494 e. The van der Waals surface area contributed by atoms with Crippen LogP contribution < -0.4 is 4.74 Å². The molecule has 0 aromatic heterocycles. The van der Waals surface area contributed by atoms with Gasteiger partial charge in [0.25, 0.3) is 0 Å². The van der Waals surface area contributed by atoms with Gasteiger partial charge in [0, 0.05) is 6.04 Å². The largest absolute Gasteiger partial charge is 0.494 e. The van der Waals surface area contributed by atoms with E-state index < -0.39 is 5.97 Å². The van der Waals surface area contributed by atoms with Crippen LogP contribution in [0.1, 0.15) is 23.7 Å². The van der Waals surface area contributed by atoms with Crippen LogP contribution in [0.15, 0.2) is 24.3 Å². The fourth-order valence-corrected chi connectivity index (χ4v) is 1.32. The molecular formula is C13H19NO3. The van der Waals surface area contributed by atoms with Gasteiger partial charge < -0.3 is 14.7 Å². The van der Waals surface area contributed by atoms with Gasteiger partial charge in [0.05, 0.1) is 12.2 Å². The van der Waals surface area contributed by atoms with Crippen molar-refractivity contribution in [3.8, 4) is 5.75 Å². The first-order chi connectivity index (χ1) is 8.00. The number of nitrogens with zero attached hydrogens (tertiary/aromatic N) is 1. The van der Waals surface area contributed by atoms with E-state index in [1.54, 1.807) is 24.3 Å². The van der Waals surface area contributed by atoms with Crippen LogP contribution in [0.5, 0.6) is 5.75 Å². The minimum atomic E-state index is -0.933. The first kappa shape index (κ1) is 13.5. The van der Waals surface area contributed by atoms with Gasteiger partial charge in [0.1, 0.15) is 5.75 Å². The van der Waals surface area contributed by atoms with Crippen molar-refractivity contribution in [1.29, 1.82) is 0 Å². The number of benzene rings is 1. The van der Waals surface area contributed by atoms with Crippen molar-refractivity contribution in [2.24, 2.45) is 0 Å². The van der Waals surface area contributed by atoms with Gasteiger partial charge in [-0.25, -0.2) is 4.79 Å². The maximum absolute atomic E-state index is 10.8. The van der Waals surface area contributed by atoms with Gasteiger partial charge in [-0.1, -0.05) is 6.07 Å². The quantitative estimate of drug-likeness (QED) is 0.823. The molecule has 17 heavy (non-hydrogen) atoms. The van der Waals surface area contributed by atoms with E-state index in [4.69, 9.17) is 9.84 Å². The van der Waals surface area contributed by atoms with Crippen LogP contribution in [0, 0.1) is 0 Å². The van der Waals surface area contributed by atoms with E-state index in [-0.39, 0.29) is 5.56 Å². The Morgan fingerprint density at radius 2 is 2.18 bits per heavy atom. The third-order valence-corrected chi connectivity index (χ3v) is 2.77. The highest BCUT2D eigenvalue weighted by molar-refractivity contribution is 5.87. The molecule has 1 aromatic rings. The lowest BCUT2D eigenvalue weighted by atomic mass is 10.2. The summed E-state index contributed by atoms with van der Waals surface area (Å²) in [5.41, 5.74) is 0.253. The molecule has 1 N–H and O–H groups in total. The smallest absolute Gasteiger partial charge is 0.335 e. The summed E-state index contributed by atoms with van der Waals surface area (Å²) in [6.07, 6.45) is 0.907. The van der Waals surface area contributed by atoms with Crippen molar-refractivity contribution in [3.05, 3.63) is 29.8 Å². The van der Waals surface area contributed by atoms with E-state index in [1.165, 1.54) is 0 Å². The Balaban J connectivity index is 2.47. The molecule has 0 heterocycles. The second-order valence-electron chi connectivity index (χ2n) is 4.28. The van der Waals surface area contributed by atoms with Crippen LogP contribution >= 0.6 is 0 Å². The number of ether oxygens (including phenoxy) is 1. The van der Waals surface area contributed by atoms with Gasteiger partial charge in [0.15, 0.2) is 0 Å². The fraction of sp³-hybridized carbons (Fsp3) is 0.462. The van der Waals surface area contributed by atoms with E-state index in [0.29, 0.717) is 18.4 Å². The SMILES string of the molecule is CC(CCOc1cccc(C(=O)O)c1)N(C)C. The number of hydrogen-bond donors (Lipinski definition) is 1. The van der Waals surface area contributed by atoms with E-state index >= 15 is 0 Å². The fourth-order valence-electron chi connectivity index (χ4n) is 1.32. The number of hydrogen-bond acceptors (Lipinski definition) is 3. The summed E-state index contributed by atoms with van der Waals surface area (Å²) in [6, 6.07) is 7.00. The molecule has 4 heteroatoms. The summed E-state index contributed by atoms with van der Waals surface area (Å²) in [5, 5.41) is 8.83. The predicted molar refractivity (Wildman–Crippen MR) is 66.7 cm³/mol. The van der Waals surface area contributed by atoms with Crippen LogP contribution in [-0.4, -0.2) is 42.7 Å². The molecule has 0 saturated carbocycles. The molecule has 1 rings (SSSR count). The molecule has 4 nitrogen and oxygen atoms in total. The monoisotopic (exact) mass is 237 g/mol. The second-order valence-corrected chi connectivity index (χ2v) is 4.28. The molecule has 0 spiro atoms. The summed E-state index contributed by atoms with van der Waals surface area (Å²) in [4.78, 5) is 12.9. The highest BCUT2D eigenvalue weighted by atomic mass is 16.5. The van der Waals surface area contributed by atoms with Gasteiger partial charge in [-0.15, -0.1) is 0 Å². The maximum Gasteiger partial charge on any atom is 0.335 e. The van der Waals surface area contributed by atoms with Gasteiger partial charge in [-0.2, -0.15) is 0 Å². The predicted octanol–water partition coefficient (Wildman–Crippen LogP) is 2.10. The Labute approximate surface area is 102 Å². The molecule has 94 valence electrons. The van der Waals surface area contributed by atoms with Crippen molar-refractivity contribution in [1.82, 2.24) is 4.90 Å². The molecule has 0 amide bonds. The Morgan fingerprint density at radius 3 is 2.76 bits per heavy atom. The number of carboxylic acid groups (broad SMARTS) is 1. The first-order valence-corrected chi connectivity index (χ1v) is 5.63. The third-order valence-electron chi connectivity index (χ3n) is 2.77. The summed E-state index contributed by atoms with van der Waals surface area (Å²) < 4.78 is 5.53. The lowest BCUT2D eigenvalue weighted by Gasteiger charge is -2.19. The maximum atomic E-state index is 10.8. The van der Waals surface area contributed by atoms with Crippen molar-refractivity contribution < 1.29 is 14.6 Å². The first-order valence-electron chi connectivity index (χ1n) is 5.63. The molecule has 0 aliphatic rings. The van der Waals surface area contributed by atoms with Crippen molar-refractivity contribution in [2.75, 3.05) is 20.7 Å². The molecule has 1 atom stereocenters. The van der Waals surface area contributed by atoms with E-state index in [0.717, 1.165) is 6.42 Å². The van der Waals surface area contributed by atoms with Gasteiger partial charge in [0.2, 0.25) is 0 Å². The molecule has 0 radical (unpaired) electrons. The Morgan fingerprint density at radius 1 is 1.47 bits per heavy atom. The Kier molecular flexibility index (Phi) is 4.97. The number of aromatic carboxylic acids is 1. The molecule has 0 aliphatic carbocycles. The van der Waals surface area contributed by atoms with Crippen LogP contribution in [0.3, 0.4) is 0 Å². The van der Waals surface area contributed by atoms with E-state index in [9.17, 15) is 4.79 Å². The third kappa shape index (κ3) is 4.44. The highest BCUT2D eigenvalue weighted by Gasteiger charge is 2.06. The zero-order valence-electron chi connectivity index (χ0n) is 10.5. The van der Waals surface area contributed by atoms with E-state index in [1.807, 2.05) is 14.1 Å². The minimum absolute atomic E-state index is 0.253. The van der Waals surface area contributed by atoms with E-state index in [2.05, 4.69) is 11.8 Å². The Hall–Kier alpha value is -1.55. The Bertz CT molecular complexity index is 377. The van der Waals surface area contributed by atoms with Gasteiger partial charge >= 0.3 is 5.97 Å². The van der Waals surface area contributed by atoms with Crippen molar-refractivity contribution in [3.63, 3.8) is 0 Å². The normalized spacial score (nSPS) is 12.5. The standard InChI is InChI=1S/C13H19NO3/c1-10(14(2)3)7-8-17-12-6-4-5-11(9-12)13(15)16/h4-6,9-10H,7-8H2,1-3H3,(H,15,16). The number of carboxylic acids is 1. The molecule has 0 saturated heterocycles. The lowest BCUT2D eigenvalue weighted by molar-refractivity contribution is 0.0696. The van der Waals surface area contributed by atoms with Crippen LogP contribution in [-0.2, 0) is 0 Å². The lowest BCUT2D eigenvalue weighted by Crippen LogP contribution is -2.26. The zero-order chi connectivity index (χ0) is 12.8. The zero-order valence-corrected chi connectivity index (χ0v) is 10.5. The molecule has 0 fully saturated rings. The van der Waals surface area contributed by atoms with Crippen molar-refractivity contribution >= 4 is 5.97 Å². The highest BCUT2D eigenvalue weighted by Crippen LogP contribution is 2.14. The topological polar surface area (TPSA) is 49.8 Å². The number of carbonyl (C=O) groups is 1. The summed E-state index contributed by atoms with van der Waals surface area (Å²) in [5.74, 6) is -0.326. The molecule has 0 bridgehead atoms. The second kappa shape index (κ2) is 6.25. The molecule has 0 aliphatic heterocycles. The van der Waals surface area contributed by atoms with Crippen molar-refractivity contribution in [2.45, 2.75) is 19.4 Å². The molecular weight excluding hydrogens is 218 g/mol. The summed E-state index contributed by atoms with van der Waals surface area (Å²) >= 11 is 0.